The second-order valence-corrected chi connectivity index (χ2v) is 11.3. The van der Waals surface area contributed by atoms with Crippen LogP contribution < -0.4 is 16.4 Å². The van der Waals surface area contributed by atoms with Gasteiger partial charge in [-0.25, -0.2) is 4.79 Å². The van der Waals surface area contributed by atoms with Crippen molar-refractivity contribution in [3.63, 3.8) is 0 Å². The van der Waals surface area contributed by atoms with E-state index in [1.54, 1.807) is 12.1 Å². The minimum Gasteiger partial charge on any atom is -0.508 e. The van der Waals surface area contributed by atoms with Gasteiger partial charge in [0.05, 0.1) is 6.04 Å². The molecule has 7 N–H and O–H groups in total. The molecule has 4 rings (SSSR count). The van der Waals surface area contributed by atoms with Crippen LogP contribution in [0.3, 0.4) is 0 Å². The number of nitrogens with two attached hydrogens (primary N) is 1. The van der Waals surface area contributed by atoms with Crippen molar-refractivity contribution in [2.75, 3.05) is 6.54 Å². The molecule has 11 nitrogen and oxygen atoms in total. The van der Waals surface area contributed by atoms with E-state index in [0.29, 0.717) is 24.9 Å². The number of phenols is 1. The van der Waals surface area contributed by atoms with Gasteiger partial charge in [0, 0.05) is 30.1 Å². The van der Waals surface area contributed by atoms with Crippen molar-refractivity contribution in [2.45, 2.75) is 70.1 Å². The van der Waals surface area contributed by atoms with Crippen molar-refractivity contribution in [1.82, 2.24) is 20.5 Å². The fraction of sp³-hybridized carbons (Fsp3) is 0.419. The second-order valence-electron chi connectivity index (χ2n) is 11.3. The van der Waals surface area contributed by atoms with Crippen molar-refractivity contribution in [3.05, 3.63) is 65.9 Å². The molecule has 4 unspecified atom stereocenters. The summed E-state index contributed by atoms with van der Waals surface area (Å²) in [7, 11) is 0. The number of hydrogen-bond donors (Lipinski definition) is 6. The number of likely N-dealkylation sites (tertiary alicyclic amines) is 1. The van der Waals surface area contributed by atoms with E-state index >= 15 is 0 Å². The van der Waals surface area contributed by atoms with Gasteiger partial charge in [-0.15, -0.1) is 0 Å². The summed E-state index contributed by atoms with van der Waals surface area (Å²) in [5.74, 6) is -2.51. The quantitative estimate of drug-likeness (QED) is 0.191. The second kappa shape index (κ2) is 13.5. The summed E-state index contributed by atoms with van der Waals surface area (Å²) in [4.78, 5) is 56.7. The Hall–Kier alpha value is -4.38. The lowest BCUT2D eigenvalue weighted by atomic mass is 10.0. The highest BCUT2D eigenvalue weighted by atomic mass is 16.4. The molecule has 42 heavy (non-hydrogen) atoms. The van der Waals surface area contributed by atoms with Crippen LogP contribution in [-0.4, -0.2) is 74.5 Å². The number of aromatic hydroxyl groups is 1. The third-order valence-electron chi connectivity index (χ3n) is 7.60. The van der Waals surface area contributed by atoms with Gasteiger partial charge in [0.15, 0.2) is 0 Å². The summed E-state index contributed by atoms with van der Waals surface area (Å²) in [6, 6.07) is 10.1. The average molecular weight is 578 g/mol. The first-order valence-corrected chi connectivity index (χ1v) is 14.3. The topological polar surface area (TPSA) is 178 Å². The molecule has 11 heteroatoms. The van der Waals surface area contributed by atoms with Crippen LogP contribution in [0.4, 0.5) is 0 Å². The minimum absolute atomic E-state index is 0.0473. The van der Waals surface area contributed by atoms with Crippen molar-refractivity contribution in [2.24, 2.45) is 11.7 Å². The van der Waals surface area contributed by atoms with Crippen molar-refractivity contribution >= 4 is 34.6 Å². The smallest absolute Gasteiger partial charge is 0.326 e. The summed E-state index contributed by atoms with van der Waals surface area (Å²) >= 11 is 0. The predicted molar refractivity (Wildman–Crippen MR) is 157 cm³/mol. The van der Waals surface area contributed by atoms with Gasteiger partial charge >= 0.3 is 5.97 Å². The normalized spacial score (nSPS) is 17.1. The molecule has 0 spiro atoms. The molecule has 1 aliphatic heterocycles. The molecule has 1 saturated heterocycles. The standard InChI is InChI=1S/C31H39N5O6/c1-18(2)14-26(31(41)42)35-29(39)27-8-5-13-36(27)30(40)25(15-19-9-11-21(37)12-10-19)34-28(38)23(32)16-20-17-33-24-7-4-3-6-22(20)24/h3-4,6-7,9-12,17-18,23,25-27,33,37H,5,8,13-16,32H2,1-2H3,(H,34,38)(H,35,39)(H,41,42). The highest BCUT2D eigenvalue weighted by Gasteiger charge is 2.39. The molecule has 1 aliphatic rings. The minimum atomic E-state index is -1.13. The number of nitrogens with zero attached hydrogens (tertiary/aromatic N) is 1. The Bertz CT molecular complexity index is 1420. The van der Waals surface area contributed by atoms with Gasteiger partial charge < -0.3 is 36.5 Å². The molecule has 1 fully saturated rings. The number of rotatable bonds is 12. The number of benzene rings is 2. The van der Waals surface area contributed by atoms with Gasteiger partial charge in [0.25, 0.3) is 0 Å². The number of para-hydroxylation sites is 1. The SMILES string of the molecule is CC(C)CC(NC(=O)C1CCCN1C(=O)C(Cc1ccc(O)cc1)NC(=O)C(N)Cc1c[nH]c2ccccc12)C(=O)O. The number of phenolic OH excluding ortho intramolecular Hbond substituents is 1. The Morgan fingerprint density at radius 3 is 2.43 bits per heavy atom. The maximum Gasteiger partial charge on any atom is 0.326 e. The number of carboxylic acids is 1. The molecule has 2 heterocycles. The average Bonchev–Trinajstić information content (AvgIpc) is 3.60. The summed E-state index contributed by atoms with van der Waals surface area (Å²) in [5, 5.41) is 25.7. The van der Waals surface area contributed by atoms with Gasteiger partial charge in [-0.2, -0.15) is 0 Å². The van der Waals surface area contributed by atoms with E-state index in [9.17, 15) is 29.4 Å². The zero-order valence-corrected chi connectivity index (χ0v) is 23.9. The number of carbonyl (C=O) groups is 4. The number of H-pyrrole nitrogens is 1. The summed E-state index contributed by atoms with van der Waals surface area (Å²) in [5.41, 5.74) is 8.81. The van der Waals surface area contributed by atoms with E-state index in [-0.39, 0.29) is 30.9 Å². The lowest BCUT2D eigenvalue weighted by Gasteiger charge is -2.30. The predicted octanol–water partition coefficient (Wildman–Crippen LogP) is 2.08. The molecular weight excluding hydrogens is 538 g/mol. The van der Waals surface area contributed by atoms with Gasteiger partial charge in [-0.1, -0.05) is 44.2 Å². The van der Waals surface area contributed by atoms with Gasteiger partial charge in [0.1, 0.15) is 23.9 Å². The molecule has 3 aromatic rings. The molecule has 0 aliphatic carbocycles. The summed E-state index contributed by atoms with van der Waals surface area (Å²) in [6.07, 6.45) is 3.37. The Morgan fingerprint density at radius 1 is 1.02 bits per heavy atom. The molecule has 1 aromatic heterocycles. The van der Waals surface area contributed by atoms with Crippen LogP contribution in [0, 0.1) is 5.92 Å². The van der Waals surface area contributed by atoms with Crippen LogP contribution in [0.15, 0.2) is 54.7 Å². The first kappa shape index (κ1) is 30.6. The lowest BCUT2D eigenvalue weighted by molar-refractivity contribution is -0.145. The fourth-order valence-electron chi connectivity index (χ4n) is 5.44. The summed E-state index contributed by atoms with van der Waals surface area (Å²) < 4.78 is 0. The molecule has 0 bridgehead atoms. The first-order valence-electron chi connectivity index (χ1n) is 14.3. The maximum absolute atomic E-state index is 13.9. The van der Waals surface area contributed by atoms with Gasteiger partial charge in [0.2, 0.25) is 17.7 Å². The van der Waals surface area contributed by atoms with E-state index < -0.39 is 47.9 Å². The number of fused-ring (bicyclic) bond motifs is 1. The largest absolute Gasteiger partial charge is 0.508 e. The maximum atomic E-state index is 13.9. The monoisotopic (exact) mass is 577 g/mol. The van der Waals surface area contributed by atoms with Crippen LogP contribution in [0.2, 0.25) is 0 Å². The van der Waals surface area contributed by atoms with Crippen LogP contribution in [0.1, 0.15) is 44.2 Å². The van der Waals surface area contributed by atoms with Crippen LogP contribution in [0.5, 0.6) is 5.75 Å². The number of carboxylic acid groups (broad SMARTS) is 1. The van der Waals surface area contributed by atoms with E-state index in [1.807, 2.05) is 44.3 Å². The van der Waals surface area contributed by atoms with Crippen LogP contribution in [-0.2, 0) is 32.0 Å². The Balaban J connectivity index is 1.51. The highest BCUT2D eigenvalue weighted by molar-refractivity contribution is 5.95. The number of aromatic nitrogens is 1. The highest BCUT2D eigenvalue weighted by Crippen LogP contribution is 2.22. The molecule has 0 radical (unpaired) electrons. The third kappa shape index (κ3) is 7.47. The molecule has 0 saturated carbocycles. The fourth-order valence-corrected chi connectivity index (χ4v) is 5.44. The number of amides is 3. The van der Waals surface area contributed by atoms with E-state index in [2.05, 4.69) is 15.6 Å². The number of carbonyl (C=O) groups excluding carboxylic acids is 3. The van der Waals surface area contributed by atoms with E-state index in [4.69, 9.17) is 5.73 Å². The zero-order chi connectivity index (χ0) is 30.4. The molecule has 224 valence electrons. The lowest BCUT2D eigenvalue weighted by Crippen LogP contribution is -2.57. The molecule has 4 atom stereocenters. The van der Waals surface area contributed by atoms with Gasteiger partial charge in [-0.05, 0) is 60.9 Å². The van der Waals surface area contributed by atoms with Crippen molar-refractivity contribution in [1.29, 1.82) is 0 Å². The van der Waals surface area contributed by atoms with E-state index in [0.717, 1.165) is 16.5 Å². The van der Waals surface area contributed by atoms with Gasteiger partial charge in [-0.3, -0.25) is 14.4 Å². The van der Waals surface area contributed by atoms with E-state index in [1.165, 1.54) is 17.0 Å². The van der Waals surface area contributed by atoms with Crippen LogP contribution >= 0.6 is 0 Å². The Labute approximate surface area is 244 Å². The number of hydrogen-bond acceptors (Lipinski definition) is 6. The van der Waals surface area contributed by atoms with Crippen molar-refractivity contribution < 1.29 is 29.4 Å². The number of nitrogens with one attached hydrogen (secondary N) is 3. The zero-order valence-electron chi connectivity index (χ0n) is 23.9. The number of aromatic amines is 1. The molecule has 2 aromatic carbocycles. The van der Waals surface area contributed by atoms with Crippen LogP contribution in [0.25, 0.3) is 10.9 Å². The first-order chi connectivity index (χ1) is 20.0. The Morgan fingerprint density at radius 2 is 1.74 bits per heavy atom. The summed E-state index contributed by atoms with van der Waals surface area (Å²) in [6.45, 7) is 4.03. The third-order valence-corrected chi connectivity index (χ3v) is 7.60. The van der Waals surface area contributed by atoms with Crippen molar-refractivity contribution in [3.8, 4) is 5.75 Å². The Kier molecular flexibility index (Phi) is 9.84. The molecular formula is C31H39N5O6. The molecule has 3 amide bonds. The number of aliphatic carboxylic acids is 1.